The second-order valence-electron chi connectivity index (χ2n) is 10.3. The number of anilines is 2. The summed E-state index contributed by atoms with van der Waals surface area (Å²) in [6.45, 7) is 1.62. The largest absolute Gasteiger partial charge is 0.478 e. The smallest absolute Gasteiger partial charge is 0.337 e. The second-order valence-corrected chi connectivity index (χ2v) is 10.3. The standard InChI is InChI=1S/C30H26N2O4/c33-28-26-24-18-8-2-3-9-19(18)25(21-11-5-4-10-20(21)24)27(26)29(34)32(28)17-12-13-23(22(16-17)30(35)36)31-14-6-1-7-15-31/h2-5,8-13,16,24-27H,1,6-7,14-15H2,(H,35,36)/t24?,25?,26-,27-/m1/s1. The van der Waals surface area contributed by atoms with Gasteiger partial charge in [-0.05, 0) is 59.7 Å². The van der Waals surface area contributed by atoms with Crippen LogP contribution in [0.3, 0.4) is 0 Å². The van der Waals surface area contributed by atoms with Crippen molar-refractivity contribution in [3.8, 4) is 0 Å². The zero-order valence-corrected chi connectivity index (χ0v) is 19.8. The topological polar surface area (TPSA) is 77.9 Å². The summed E-state index contributed by atoms with van der Waals surface area (Å²) in [4.78, 5) is 43.6. The van der Waals surface area contributed by atoms with Crippen molar-refractivity contribution >= 4 is 29.2 Å². The van der Waals surface area contributed by atoms with Crippen LogP contribution in [0.4, 0.5) is 11.4 Å². The van der Waals surface area contributed by atoms with Gasteiger partial charge in [0.1, 0.15) is 0 Å². The number of benzene rings is 3. The van der Waals surface area contributed by atoms with Gasteiger partial charge in [0, 0.05) is 24.9 Å². The zero-order valence-electron chi connectivity index (χ0n) is 19.8. The van der Waals surface area contributed by atoms with Crippen molar-refractivity contribution in [3.63, 3.8) is 0 Å². The first-order valence-corrected chi connectivity index (χ1v) is 12.7. The number of hydrogen-bond donors (Lipinski definition) is 1. The lowest BCUT2D eigenvalue weighted by molar-refractivity contribution is -0.122. The Morgan fingerprint density at radius 3 is 1.69 bits per heavy atom. The molecule has 2 fully saturated rings. The first-order valence-electron chi connectivity index (χ1n) is 12.7. The fourth-order valence-electron chi connectivity index (χ4n) is 7.18. The molecule has 0 saturated carbocycles. The third kappa shape index (κ3) is 2.81. The molecule has 0 spiro atoms. The van der Waals surface area contributed by atoms with E-state index in [1.54, 1.807) is 12.1 Å². The number of carbonyl (C=O) groups excluding carboxylic acids is 2. The summed E-state index contributed by atoms with van der Waals surface area (Å²) in [7, 11) is 0. The number of hydrogen-bond acceptors (Lipinski definition) is 4. The molecule has 2 amide bonds. The van der Waals surface area contributed by atoms with E-state index in [1.807, 2.05) is 24.3 Å². The lowest BCUT2D eigenvalue weighted by Crippen LogP contribution is -2.41. The Morgan fingerprint density at radius 2 is 1.22 bits per heavy atom. The molecular weight excluding hydrogens is 452 g/mol. The van der Waals surface area contributed by atoms with Crippen LogP contribution in [0.1, 0.15) is 63.7 Å². The molecule has 6 heteroatoms. The van der Waals surface area contributed by atoms with Gasteiger partial charge in [-0.15, -0.1) is 0 Å². The van der Waals surface area contributed by atoms with Crippen LogP contribution in [-0.2, 0) is 9.59 Å². The van der Waals surface area contributed by atoms with E-state index in [0.29, 0.717) is 11.4 Å². The van der Waals surface area contributed by atoms with Crippen LogP contribution >= 0.6 is 0 Å². The van der Waals surface area contributed by atoms with Crippen molar-refractivity contribution in [2.45, 2.75) is 31.1 Å². The molecule has 2 bridgehead atoms. The van der Waals surface area contributed by atoms with Gasteiger partial charge in [-0.3, -0.25) is 9.59 Å². The Balaban J connectivity index is 1.33. The van der Waals surface area contributed by atoms with Gasteiger partial charge in [-0.25, -0.2) is 9.69 Å². The van der Waals surface area contributed by atoms with E-state index in [1.165, 1.54) is 11.0 Å². The summed E-state index contributed by atoms with van der Waals surface area (Å²) in [6, 6.07) is 21.3. The molecule has 0 radical (unpaired) electrons. The van der Waals surface area contributed by atoms with Crippen molar-refractivity contribution in [2.24, 2.45) is 11.8 Å². The van der Waals surface area contributed by atoms with Crippen LogP contribution in [0.2, 0.25) is 0 Å². The van der Waals surface area contributed by atoms with Crippen LogP contribution < -0.4 is 9.80 Å². The second kappa shape index (κ2) is 7.79. The molecule has 2 aliphatic heterocycles. The number of rotatable bonds is 3. The van der Waals surface area contributed by atoms with Gasteiger partial charge in [-0.2, -0.15) is 0 Å². The van der Waals surface area contributed by atoms with Crippen LogP contribution in [0, 0.1) is 11.8 Å². The molecule has 180 valence electrons. The highest BCUT2D eigenvalue weighted by atomic mass is 16.4. The lowest BCUT2D eigenvalue weighted by atomic mass is 9.55. The number of carboxylic acid groups (broad SMARTS) is 1. The summed E-state index contributed by atoms with van der Waals surface area (Å²) >= 11 is 0. The average Bonchev–Trinajstić information content (AvgIpc) is 3.19. The van der Waals surface area contributed by atoms with Crippen LogP contribution in [0.25, 0.3) is 0 Å². The Labute approximate surface area is 209 Å². The molecule has 3 aliphatic carbocycles. The van der Waals surface area contributed by atoms with Gasteiger partial charge in [0.25, 0.3) is 0 Å². The van der Waals surface area contributed by atoms with E-state index in [0.717, 1.165) is 54.6 Å². The fraction of sp³-hybridized carbons (Fsp3) is 0.300. The van der Waals surface area contributed by atoms with Gasteiger partial charge >= 0.3 is 5.97 Å². The summed E-state index contributed by atoms with van der Waals surface area (Å²) in [6.07, 6.45) is 3.19. The fourth-order valence-corrected chi connectivity index (χ4v) is 7.18. The van der Waals surface area contributed by atoms with Gasteiger partial charge in [0.2, 0.25) is 11.8 Å². The van der Waals surface area contributed by atoms with Crippen molar-refractivity contribution in [2.75, 3.05) is 22.9 Å². The predicted molar refractivity (Wildman–Crippen MR) is 136 cm³/mol. The van der Waals surface area contributed by atoms with Gasteiger partial charge in [0.15, 0.2) is 0 Å². The number of aromatic carboxylic acids is 1. The third-order valence-corrected chi connectivity index (χ3v) is 8.61. The minimum atomic E-state index is -1.05. The first kappa shape index (κ1) is 21.4. The predicted octanol–water partition coefficient (Wildman–Crippen LogP) is 4.77. The van der Waals surface area contributed by atoms with E-state index in [4.69, 9.17) is 0 Å². The van der Waals surface area contributed by atoms with Gasteiger partial charge < -0.3 is 10.0 Å². The Kier molecular flexibility index (Phi) is 4.62. The molecule has 2 saturated heterocycles. The lowest BCUT2D eigenvalue weighted by Gasteiger charge is -2.45. The van der Waals surface area contributed by atoms with Crippen molar-refractivity contribution in [3.05, 3.63) is 94.5 Å². The molecule has 1 N–H and O–H groups in total. The number of carboxylic acids is 1. The summed E-state index contributed by atoms with van der Waals surface area (Å²) in [5.74, 6) is -2.84. The zero-order chi connectivity index (χ0) is 24.6. The van der Waals surface area contributed by atoms with E-state index in [-0.39, 0.29) is 29.2 Å². The van der Waals surface area contributed by atoms with Crippen LogP contribution in [0.15, 0.2) is 66.7 Å². The number of piperidine rings is 1. The minimum Gasteiger partial charge on any atom is -0.478 e. The van der Waals surface area contributed by atoms with Gasteiger partial charge in [-0.1, -0.05) is 48.5 Å². The molecule has 3 aromatic rings. The molecule has 6 nitrogen and oxygen atoms in total. The minimum absolute atomic E-state index is 0.138. The van der Waals surface area contributed by atoms with Crippen molar-refractivity contribution in [1.82, 2.24) is 0 Å². The SMILES string of the molecule is O=C(O)c1cc(N2C(=O)[C@@H]3C4c5ccccc5C(c5ccccc54)[C@H]3C2=O)ccc1N1CCCCC1. The van der Waals surface area contributed by atoms with E-state index < -0.39 is 17.8 Å². The number of amides is 2. The Morgan fingerprint density at radius 1 is 0.722 bits per heavy atom. The first-order chi connectivity index (χ1) is 17.6. The summed E-state index contributed by atoms with van der Waals surface area (Å²) in [5.41, 5.74) is 5.63. The Bertz CT molecular complexity index is 1320. The van der Waals surface area contributed by atoms with Crippen molar-refractivity contribution < 1.29 is 19.5 Å². The van der Waals surface area contributed by atoms with E-state index >= 15 is 0 Å². The molecule has 0 aromatic heterocycles. The quantitative estimate of drug-likeness (QED) is 0.549. The highest BCUT2D eigenvalue weighted by Crippen LogP contribution is 2.61. The average molecular weight is 479 g/mol. The molecule has 0 unspecified atom stereocenters. The van der Waals surface area contributed by atoms with Crippen molar-refractivity contribution in [1.29, 1.82) is 0 Å². The van der Waals surface area contributed by atoms with E-state index in [9.17, 15) is 19.5 Å². The summed E-state index contributed by atoms with van der Waals surface area (Å²) in [5, 5.41) is 10.0. The molecule has 3 aromatic carbocycles. The highest BCUT2D eigenvalue weighted by Gasteiger charge is 2.61. The maximum Gasteiger partial charge on any atom is 0.337 e. The Hall–Kier alpha value is -3.93. The molecule has 8 rings (SSSR count). The molecule has 2 atom stereocenters. The third-order valence-electron chi connectivity index (χ3n) is 8.61. The summed E-state index contributed by atoms with van der Waals surface area (Å²) < 4.78 is 0. The molecular formula is C30H26N2O4. The molecule has 36 heavy (non-hydrogen) atoms. The monoisotopic (exact) mass is 478 g/mol. The maximum absolute atomic E-state index is 14.0. The van der Waals surface area contributed by atoms with Gasteiger partial charge in [0.05, 0.1) is 28.8 Å². The number of nitrogens with zero attached hydrogens (tertiary/aromatic N) is 2. The van der Waals surface area contributed by atoms with Crippen LogP contribution in [0.5, 0.6) is 0 Å². The molecule has 5 aliphatic rings. The number of imide groups is 1. The van der Waals surface area contributed by atoms with Crippen LogP contribution in [-0.4, -0.2) is 36.0 Å². The maximum atomic E-state index is 14.0. The molecule has 2 heterocycles. The normalized spacial score (nSPS) is 26.0. The van der Waals surface area contributed by atoms with E-state index in [2.05, 4.69) is 29.2 Å². The highest BCUT2D eigenvalue weighted by molar-refractivity contribution is 6.23. The number of carbonyl (C=O) groups is 3.